The Morgan fingerprint density at radius 1 is 1.35 bits per heavy atom. The molecule has 17 heavy (non-hydrogen) atoms. The maximum absolute atomic E-state index is 13.7. The molecule has 2 rings (SSSR count). The molecule has 0 aliphatic heterocycles. The van der Waals surface area contributed by atoms with Crippen LogP contribution in [0.5, 0.6) is 5.75 Å². The van der Waals surface area contributed by atoms with Crippen LogP contribution < -0.4 is 10.5 Å². The Bertz CT molecular complexity index is 572. The lowest BCUT2D eigenvalue weighted by Gasteiger charge is -2.07. The van der Waals surface area contributed by atoms with Crippen molar-refractivity contribution in [2.24, 2.45) is 0 Å². The molecule has 90 valence electrons. The van der Waals surface area contributed by atoms with Gasteiger partial charge in [-0.15, -0.1) is 0 Å². The number of hydrogen-bond donors (Lipinski definition) is 1. The lowest BCUT2D eigenvalue weighted by atomic mass is 10.1. The highest BCUT2D eigenvalue weighted by molar-refractivity contribution is 6.32. The predicted octanol–water partition coefficient (Wildman–Crippen LogP) is 2.86. The van der Waals surface area contributed by atoms with Crippen LogP contribution in [0.15, 0.2) is 16.7 Å². The third kappa shape index (κ3) is 1.91. The van der Waals surface area contributed by atoms with Gasteiger partial charge < -0.3 is 15.0 Å². The summed E-state index contributed by atoms with van der Waals surface area (Å²) in [6.45, 7) is 0. The van der Waals surface area contributed by atoms with Crippen molar-refractivity contribution in [2.45, 2.75) is 0 Å². The SMILES string of the molecule is COc1c(Cl)cc(-c2cc(N)on2)c(F)c1F. The summed E-state index contributed by atoms with van der Waals surface area (Å²) in [5.41, 5.74) is 5.21. The van der Waals surface area contributed by atoms with E-state index < -0.39 is 11.6 Å². The maximum Gasteiger partial charge on any atom is 0.222 e. The Kier molecular flexibility index (Phi) is 2.89. The molecule has 0 spiro atoms. The van der Waals surface area contributed by atoms with Crippen LogP contribution in [0.3, 0.4) is 0 Å². The van der Waals surface area contributed by atoms with E-state index in [2.05, 4.69) is 14.4 Å². The summed E-state index contributed by atoms with van der Waals surface area (Å²) in [4.78, 5) is 0. The minimum absolute atomic E-state index is 0.00764. The van der Waals surface area contributed by atoms with Crippen molar-refractivity contribution in [3.63, 3.8) is 0 Å². The van der Waals surface area contributed by atoms with Gasteiger partial charge in [0, 0.05) is 11.6 Å². The number of halogens is 3. The number of nitrogens with zero attached hydrogens (tertiary/aromatic N) is 1. The summed E-state index contributed by atoms with van der Waals surface area (Å²) >= 11 is 5.74. The highest BCUT2D eigenvalue weighted by Crippen LogP contribution is 2.35. The van der Waals surface area contributed by atoms with Crippen LogP contribution in [0.2, 0.25) is 5.02 Å². The third-order valence-corrected chi connectivity index (χ3v) is 2.41. The summed E-state index contributed by atoms with van der Waals surface area (Å²) in [6, 6.07) is 2.46. The van der Waals surface area contributed by atoms with Crippen molar-refractivity contribution in [3.05, 3.63) is 28.8 Å². The summed E-state index contributed by atoms with van der Waals surface area (Å²) in [6.07, 6.45) is 0. The lowest BCUT2D eigenvalue weighted by Crippen LogP contribution is -1.96. The zero-order chi connectivity index (χ0) is 12.6. The van der Waals surface area contributed by atoms with Gasteiger partial charge >= 0.3 is 0 Å². The second-order valence-corrected chi connectivity index (χ2v) is 3.59. The van der Waals surface area contributed by atoms with Gasteiger partial charge in [-0.2, -0.15) is 4.39 Å². The largest absolute Gasteiger partial charge is 0.492 e. The van der Waals surface area contributed by atoms with E-state index in [1.54, 1.807) is 0 Å². The number of nitrogen functional groups attached to an aromatic ring is 1. The smallest absolute Gasteiger partial charge is 0.222 e. The van der Waals surface area contributed by atoms with Gasteiger partial charge in [-0.1, -0.05) is 16.8 Å². The standard InChI is InChI=1S/C10H7ClF2N2O2/c1-16-10-5(11)2-4(8(12)9(10)13)6-3-7(14)17-15-6/h2-3H,14H2,1H3. The number of aromatic nitrogens is 1. The van der Waals surface area contributed by atoms with Gasteiger partial charge in [-0.05, 0) is 6.07 Å². The van der Waals surface area contributed by atoms with Gasteiger partial charge in [0.15, 0.2) is 11.6 Å². The summed E-state index contributed by atoms with van der Waals surface area (Å²) in [5, 5.41) is 3.41. The van der Waals surface area contributed by atoms with Gasteiger partial charge in [0.1, 0.15) is 5.69 Å². The number of hydrogen-bond acceptors (Lipinski definition) is 4. The fourth-order valence-corrected chi connectivity index (χ4v) is 1.64. The molecule has 7 heteroatoms. The van der Waals surface area contributed by atoms with Crippen molar-refractivity contribution < 1.29 is 18.0 Å². The van der Waals surface area contributed by atoms with Crippen LogP contribution in [0.4, 0.5) is 14.7 Å². The molecule has 0 bridgehead atoms. The fourth-order valence-electron chi connectivity index (χ4n) is 1.37. The lowest BCUT2D eigenvalue weighted by molar-refractivity contribution is 0.372. The van der Waals surface area contributed by atoms with Crippen LogP contribution in [-0.4, -0.2) is 12.3 Å². The summed E-state index contributed by atoms with van der Waals surface area (Å²) < 4.78 is 36.4. The van der Waals surface area contributed by atoms with Crippen LogP contribution in [0.25, 0.3) is 11.3 Å². The monoisotopic (exact) mass is 260 g/mol. The number of nitrogens with two attached hydrogens (primary N) is 1. The normalized spacial score (nSPS) is 10.6. The molecule has 0 radical (unpaired) electrons. The van der Waals surface area contributed by atoms with Gasteiger partial charge in [0.05, 0.1) is 12.1 Å². The Morgan fingerprint density at radius 3 is 2.59 bits per heavy atom. The molecule has 0 amide bonds. The summed E-state index contributed by atoms with van der Waals surface area (Å²) in [7, 11) is 1.19. The number of anilines is 1. The highest BCUT2D eigenvalue weighted by atomic mass is 35.5. The molecular formula is C10H7ClF2N2O2. The topological polar surface area (TPSA) is 61.3 Å². The predicted molar refractivity (Wildman–Crippen MR) is 57.8 cm³/mol. The zero-order valence-electron chi connectivity index (χ0n) is 8.63. The van der Waals surface area contributed by atoms with Crippen LogP contribution in [-0.2, 0) is 0 Å². The van der Waals surface area contributed by atoms with E-state index in [1.807, 2.05) is 0 Å². The highest BCUT2D eigenvalue weighted by Gasteiger charge is 2.21. The van der Waals surface area contributed by atoms with E-state index in [9.17, 15) is 8.78 Å². The molecule has 1 aromatic carbocycles. The third-order valence-electron chi connectivity index (χ3n) is 2.12. The molecule has 0 aliphatic carbocycles. The second-order valence-electron chi connectivity index (χ2n) is 3.18. The quantitative estimate of drug-likeness (QED) is 0.844. The first-order chi connectivity index (χ1) is 8.04. The van der Waals surface area contributed by atoms with Crippen molar-refractivity contribution in [1.29, 1.82) is 0 Å². The minimum atomic E-state index is -1.18. The molecule has 1 heterocycles. The first kappa shape index (κ1) is 11.7. The van der Waals surface area contributed by atoms with E-state index in [1.165, 1.54) is 19.2 Å². The molecule has 0 atom stereocenters. The van der Waals surface area contributed by atoms with E-state index in [0.717, 1.165) is 0 Å². The van der Waals surface area contributed by atoms with Crippen LogP contribution in [0, 0.1) is 11.6 Å². The van der Waals surface area contributed by atoms with E-state index in [4.69, 9.17) is 17.3 Å². The Hall–Kier alpha value is -1.82. The van der Waals surface area contributed by atoms with Crippen LogP contribution in [0.1, 0.15) is 0 Å². The molecule has 1 aromatic heterocycles. The van der Waals surface area contributed by atoms with E-state index >= 15 is 0 Å². The molecule has 2 aromatic rings. The zero-order valence-corrected chi connectivity index (χ0v) is 9.39. The van der Waals surface area contributed by atoms with Crippen molar-refractivity contribution >= 4 is 17.5 Å². The van der Waals surface area contributed by atoms with Gasteiger partial charge in [0.25, 0.3) is 0 Å². The average molecular weight is 261 g/mol. The Balaban J connectivity index is 2.64. The first-order valence-corrected chi connectivity index (χ1v) is 4.86. The van der Waals surface area contributed by atoms with E-state index in [0.29, 0.717) is 0 Å². The van der Waals surface area contributed by atoms with E-state index in [-0.39, 0.29) is 27.9 Å². The molecule has 0 saturated carbocycles. The van der Waals surface area contributed by atoms with Crippen molar-refractivity contribution in [3.8, 4) is 17.0 Å². The Labute approximate surface area is 99.9 Å². The fraction of sp³-hybridized carbons (Fsp3) is 0.100. The number of methoxy groups -OCH3 is 1. The van der Waals surface area contributed by atoms with Gasteiger partial charge in [-0.25, -0.2) is 4.39 Å². The molecule has 0 aliphatic rings. The maximum atomic E-state index is 13.7. The van der Waals surface area contributed by atoms with Crippen molar-refractivity contribution in [1.82, 2.24) is 5.16 Å². The Morgan fingerprint density at radius 2 is 2.06 bits per heavy atom. The number of rotatable bonds is 2. The minimum Gasteiger partial charge on any atom is -0.492 e. The number of benzene rings is 1. The molecule has 2 N–H and O–H groups in total. The van der Waals surface area contributed by atoms with Gasteiger partial charge in [-0.3, -0.25) is 0 Å². The van der Waals surface area contributed by atoms with Crippen molar-refractivity contribution in [2.75, 3.05) is 12.8 Å². The first-order valence-electron chi connectivity index (χ1n) is 4.48. The molecule has 0 fully saturated rings. The molecule has 0 unspecified atom stereocenters. The molecule has 4 nitrogen and oxygen atoms in total. The molecule has 0 saturated heterocycles. The van der Waals surface area contributed by atoms with Gasteiger partial charge in [0.2, 0.25) is 11.7 Å². The summed E-state index contributed by atoms with van der Waals surface area (Å²) in [5.74, 6) is -2.67. The molecular weight excluding hydrogens is 254 g/mol. The van der Waals surface area contributed by atoms with Crippen LogP contribution >= 0.6 is 11.6 Å². The second kappa shape index (κ2) is 4.21. The average Bonchev–Trinajstić information content (AvgIpc) is 2.71. The number of ether oxygens (including phenoxy) is 1.